The zero-order valence-corrected chi connectivity index (χ0v) is 11.9. The molecule has 0 aliphatic heterocycles. The number of fused-ring (bicyclic) bond motifs is 1. The Morgan fingerprint density at radius 1 is 1.29 bits per heavy atom. The van der Waals surface area contributed by atoms with Crippen LogP contribution in [-0.4, -0.2) is 25.6 Å². The van der Waals surface area contributed by atoms with Gasteiger partial charge in [0.25, 0.3) is 0 Å². The standard InChI is InChI=1S/C16H15N3O2/c1-10-6-7-17-8-12(10)9-19-11(2)18-14-5-3-4-13(15(14)19)16(20)21/h3-8H,9H2,1-2H3,(H,20,21). The molecule has 0 aliphatic carbocycles. The Morgan fingerprint density at radius 3 is 2.81 bits per heavy atom. The van der Waals surface area contributed by atoms with Crippen LogP contribution in [-0.2, 0) is 6.54 Å². The molecule has 3 rings (SSSR count). The predicted octanol–water partition coefficient (Wildman–Crippen LogP) is 2.79. The molecule has 2 aromatic heterocycles. The van der Waals surface area contributed by atoms with E-state index in [0.717, 1.165) is 17.0 Å². The molecule has 106 valence electrons. The highest BCUT2D eigenvalue weighted by Crippen LogP contribution is 2.22. The summed E-state index contributed by atoms with van der Waals surface area (Å²) in [7, 11) is 0. The fourth-order valence-corrected chi connectivity index (χ4v) is 2.50. The second kappa shape index (κ2) is 5.01. The Morgan fingerprint density at radius 2 is 2.10 bits per heavy atom. The van der Waals surface area contributed by atoms with Gasteiger partial charge in [0.1, 0.15) is 5.82 Å². The van der Waals surface area contributed by atoms with E-state index in [1.807, 2.05) is 36.7 Å². The maximum absolute atomic E-state index is 11.4. The van der Waals surface area contributed by atoms with Crippen molar-refractivity contribution < 1.29 is 9.90 Å². The van der Waals surface area contributed by atoms with Crippen molar-refractivity contribution in [2.75, 3.05) is 0 Å². The molecule has 0 fully saturated rings. The monoisotopic (exact) mass is 281 g/mol. The largest absolute Gasteiger partial charge is 0.478 e. The molecule has 1 aromatic carbocycles. The third-order valence-electron chi connectivity index (χ3n) is 3.66. The quantitative estimate of drug-likeness (QED) is 0.801. The summed E-state index contributed by atoms with van der Waals surface area (Å²) in [5, 5.41) is 9.38. The van der Waals surface area contributed by atoms with Crippen molar-refractivity contribution in [1.82, 2.24) is 14.5 Å². The van der Waals surface area contributed by atoms with E-state index in [9.17, 15) is 9.90 Å². The lowest BCUT2D eigenvalue weighted by atomic mass is 10.1. The molecule has 0 radical (unpaired) electrons. The summed E-state index contributed by atoms with van der Waals surface area (Å²) in [6, 6.07) is 7.11. The molecule has 21 heavy (non-hydrogen) atoms. The normalized spacial score (nSPS) is 11.0. The van der Waals surface area contributed by atoms with Gasteiger partial charge in [-0.2, -0.15) is 0 Å². The molecule has 0 aliphatic rings. The lowest BCUT2D eigenvalue weighted by molar-refractivity contribution is 0.0698. The van der Waals surface area contributed by atoms with E-state index >= 15 is 0 Å². The van der Waals surface area contributed by atoms with E-state index in [2.05, 4.69) is 9.97 Å². The van der Waals surface area contributed by atoms with Gasteiger partial charge in [-0.05, 0) is 43.2 Å². The number of aromatic nitrogens is 3. The fourth-order valence-electron chi connectivity index (χ4n) is 2.50. The van der Waals surface area contributed by atoms with Gasteiger partial charge in [0.15, 0.2) is 0 Å². The Labute approximate surface area is 121 Å². The fraction of sp³-hybridized carbons (Fsp3) is 0.188. The number of para-hydroxylation sites is 1. The number of nitrogens with zero attached hydrogens (tertiary/aromatic N) is 3. The Balaban J connectivity index is 2.20. The van der Waals surface area contributed by atoms with Crippen LogP contribution in [0.3, 0.4) is 0 Å². The second-order valence-electron chi connectivity index (χ2n) is 5.03. The smallest absolute Gasteiger partial charge is 0.337 e. The number of rotatable bonds is 3. The first-order valence-electron chi connectivity index (χ1n) is 6.66. The maximum atomic E-state index is 11.4. The molecule has 0 atom stereocenters. The number of imidazole rings is 1. The van der Waals surface area contributed by atoms with E-state index in [1.54, 1.807) is 18.3 Å². The first-order chi connectivity index (χ1) is 10.1. The maximum Gasteiger partial charge on any atom is 0.337 e. The average Bonchev–Trinajstić information content (AvgIpc) is 2.77. The number of hydrogen-bond donors (Lipinski definition) is 1. The lowest BCUT2D eigenvalue weighted by Gasteiger charge is -2.10. The molecule has 2 heterocycles. The Kier molecular flexibility index (Phi) is 3.17. The van der Waals surface area contributed by atoms with E-state index in [0.29, 0.717) is 17.6 Å². The zero-order chi connectivity index (χ0) is 15.0. The van der Waals surface area contributed by atoms with Crippen molar-refractivity contribution in [2.45, 2.75) is 20.4 Å². The summed E-state index contributed by atoms with van der Waals surface area (Å²) in [5.74, 6) is -0.147. The van der Waals surface area contributed by atoms with Gasteiger partial charge in [0, 0.05) is 12.4 Å². The van der Waals surface area contributed by atoms with Crippen molar-refractivity contribution in [1.29, 1.82) is 0 Å². The van der Waals surface area contributed by atoms with Crippen molar-refractivity contribution in [3.8, 4) is 0 Å². The van der Waals surface area contributed by atoms with Gasteiger partial charge in [-0.1, -0.05) is 6.07 Å². The van der Waals surface area contributed by atoms with Crippen molar-refractivity contribution >= 4 is 17.0 Å². The first kappa shape index (κ1) is 13.3. The van der Waals surface area contributed by atoms with Crippen LogP contribution in [0.25, 0.3) is 11.0 Å². The van der Waals surface area contributed by atoms with Gasteiger partial charge in [-0.25, -0.2) is 9.78 Å². The van der Waals surface area contributed by atoms with Crippen LogP contribution in [0, 0.1) is 13.8 Å². The molecule has 0 amide bonds. The minimum Gasteiger partial charge on any atom is -0.478 e. The highest BCUT2D eigenvalue weighted by molar-refractivity contribution is 6.01. The third kappa shape index (κ3) is 2.27. The van der Waals surface area contributed by atoms with Crippen LogP contribution in [0.2, 0.25) is 0 Å². The molecule has 5 nitrogen and oxygen atoms in total. The number of pyridine rings is 1. The van der Waals surface area contributed by atoms with Crippen molar-refractivity contribution in [3.63, 3.8) is 0 Å². The van der Waals surface area contributed by atoms with Crippen LogP contribution in [0.4, 0.5) is 0 Å². The summed E-state index contributed by atoms with van der Waals surface area (Å²) < 4.78 is 1.93. The molecule has 0 saturated heterocycles. The Bertz CT molecular complexity index is 837. The lowest BCUT2D eigenvalue weighted by Crippen LogP contribution is -2.07. The van der Waals surface area contributed by atoms with E-state index < -0.39 is 5.97 Å². The zero-order valence-electron chi connectivity index (χ0n) is 11.9. The number of benzene rings is 1. The van der Waals surface area contributed by atoms with Gasteiger partial charge < -0.3 is 9.67 Å². The molecule has 0 bridgehead atoms. The van der Waals surface area contributed by atoms with Gasteiger partial charge in [-0.15, -0.1) is 0 Å². The summed E-state index contributed by atoms with van der Waals surface area (Å²) in [5.41, 5.74) is 3.81. The molecule has 5 heteroatoms. The highest BCUT2D eigenvalue weighted by Gasteiger charge is 2.16. The summed E-state index contributed by atoms with van der Waals surface area (Å²) in [4.78, 5) is 20.0. The molecule has 0 spiro atoms. The number of carbonyl (C=O) groups is 1. The van der Waals surface area contributed by atoms with Gasteiger partial charge in [-0.3, -0.25) is 4.98 Å². The molecule has 1 N–H and O–H groups in total. The van der Waals surface area contributed by atoms with Crippen molar-refractivity contribution in [3.05, 3.63) is 59.2 Å². The number of carboxylic acid groups (broad SMARTS) is 1. The Hall–Kier alpha value is -2.69. The molecule has 0 saturated carbocycles. The van der Waals surface area contributed by atoms with Crippen LogP contribution < -0.4 is 0 Å². The SMILES string of the molecule is Cc1ccncc1Cn1c(C)nc2cccc(C(=O)O)c21. The minimum absolute atomic E-state index is 0.273. The van der Waals surface area contributed by atoms with Crippen LogP contribution in [0.1, 0.15) is 27.3 Å². The topological polar surface area (TPSA) is 68.0 Å². The molecular weight excluding hydrogens is 266 g/mol. The van der Waals surface area contributed by atoms with Gasteiger partial charge in [0.2, 0.25) is 0 Å². The summed E-state index contributed by atoms with van der Waals surface area (Å²) in [6.07, 6.45) is 3.56. The van der Waals surface area contributed by atoms with E-state index in [4.69, 9.17) is 0 Å². The third-order valence-corrected chi connectivity index (χ3v) is 3.66. The first-order valence-corrected chi connectivity index (χ1v) is 6.66. The van der Waals surface area contributed by atoms with Gasteiger partial charge >= 0.3 is 5.97 Å². The number of carboxylic acids is 1. The predicted molar refractivity (Wildman–Crippen MR) is 79.5 cm³/mol. The highest BCUT2D eigenvalue weighted by atomic mass is 16.4. The number of hydrogen-bond acceptors (Lipinski definition) is 3. The second-order valence-corrected chi connectivity index (χ2v) is 5.03. The van der Waals surface area contributed by atoms with E-state index in [-0.39, 0.29) is 5.56 Å². The van der Waals surface area contributed by atoms with Crippen LogP contribution in [0.5, 0.6) is 0 Å². The van der Waals surface area contributed by atoms with Crippen LogP contribution >= 0.6 is 0 Å². The number of aryl methyl sites for hydroxylation is 2. The number of aromatic carboxylic acids is 1. The molecule has 3 aromatic rings. The summed E-state index contributed by atoms with van der Waals surface area (Å²) >= 11 is 0. The van der Waals surface area contributed by atoms with Gasteiger partial charge in [0.05, 0.1) is 23.1 Å². The van der Waals surface area contributed by atoms with Crippen LogP contribution in [0.15, 0.2) is 36.7 Å². The van der Waals surface area contributed by atoms with E-state index in [1.165, 1.54) is 0 Å². The average molecular weight is 281 g/mol. The molecule has 0 unspecified atom stereocenters. The van der Waals surface area contributed by atoms with Crippen molar-refractivity contribution in [2.24, 2.45) is 0 Å². The molecular formula is C16H15N3O2. The minimum atomic E-state index is -0.940. The summed E-state index contributed by atoms with van der Waals surface area (Å²) in [6.45, 7) is 4.47.